The maximum atomic E-state index is 11.7. The van der Waals surface area contributed by atoms with Crippen molar-refractivity contribution >= 4 is 22.9 Å². The summed E-state index contributed by atoms with van der Waals surface area (Å²) >= 11 is 1.34. The molecule has 1 amide bonds. The van der Waals surface area contributed by atoms with Crippen LogP contribution in [-0.4, -0.2) is 10.9 Å². The summed E-state index contributed by atoms with van der Waals surface area (Å²) in [6.45, 7) is 0.485. The lowest BCUT2D eigenvalue weighted by atomic mass is 10.2. The van der Waals surface area contributed by atoms with Crippen molar-refractivity contribution in [3.63, 3.8) is 0 Å². The van der Waals surface area contributed by atoms with E-state index in [2.05, 4.69) is 10.3 Å². The van der Waals surface area contributed by atoms with Crippen molar-refractivity contribution in [1.82, 2.24) is 10.3 Å². The van der Waals surface area contributed by atoms with Crippen molar-refractivity contribution in [3.05, 3.63) is 46.4 Å². The number of aromatic nitrogens is 1. The molecule has 0 atom stereocenters. The third kappa shape index (κ3) is 2.38. The first-order chi connectivity index (χ1) is 7.77. The van der Waals surface area contributed by atoms with E-state index in [4.69, 9.17) is 5.73 Å². The second kappa shape index (κ2) is 4.76. The quantitative estimate of drug-likeness (QED) is 0.847. The van der Waals surface area contributed by atoms with Gasteiger partial charge in [-0.25, -0.2) is 0 Å². The monoisotopic (exact) mass is 233 g/mol. The number of nitrogens with zero attached hydrogens (tertiary/aromatic N) is 1. The molecule has 2 aromatic rings. The molecule has 4 nitrogen and oxygen atoms in total. The second-order valence-corrected chi connectivity index (χ2v) is 4.16. The van der Waals surface area contributed by atoms with E-state index < -0.39 is 0 Å². The number of hydrogen-bond acceptors (Lipinski definition) is 4. The Balaban J connectivity index is 1.97. The van der Waals surface area contributed by atoms with Crippen molar-refractivity contribution in [2.45, 2.75) is 6.54 Å². The Morgan fingerprint density at radius 1 is 1.38 bits per heavy atom. The number of thiophene rings is 1. The highest BCUT2D eigenvalue weighted by Crippen LogP contribution is 2.18. The number of amides is 1. The summed E-state index contributed by atoms with van der Waals surface area (Å²) in [4.78, 5) is 16.2. The first-order valence-electron chi connectivity index (χ1n) is 4.77. The van der Waals surface area contributed by atoms with Crippen LogP contribution in [0, 0.1) is 0 Å². The highest BCUT2D eigenvalue weighted by Gasteiger charge is 2.10. The van der Waals surface area contributed by atoms with Gasteiger partial charge in [-0.1, -0.05) is 0 Å². The Bertz CT molecular complexity index is 481. The SMILES string of the molecule is Nc1ccsc1C(=O)NCc1ccncc1. The normalized spacial score (nSPS) is 10.0. The molecule has 0 aliphatic carbocycles. The van der Waals surface area contributed by atoms with Gasteiger partial charge in [-0.3, -0.25) is 9.78 Å². The molecular weight excluding hydrogens is 222 g/mol. The van der Waals surface area contributed by atoms with Gasteiger partial charge in [0.1, 0.15) is 4.88 Å². The number of pyridine rings is 1. The first-order valence-corrected chi connectivity index (χ1v) is 5.65. The van der Waals surface area contributed by atoms with Crippen LogP contribution < -0.4 is 11.1 Å². The maximum Gasteiger partial charge on any atom is 0.263 e. The lowest BCUT2D eigenvalue weighted by molar-refractivity contribution is 0.0956. The van der Waals surface area contributed by atoms with Crippen molar-refractivity contribution in [2.75, 3.05) is 5.73 Å². The minimum absolute atomic E-state index is 0.135. The van der Waals surface area contributed by atoms with Crippen LogP contribution in [0.25, 0.3) is 0 Å². The van der Waals surface area contributed by atoms with E-state index >= 15 is 0 Å². The number of anilines is 1. The average Bonchev–Trinajstić information content (AvgIpc) is 2.74. The van der Waals surface area contributed by atoms with Gasteiger partial charge < -0.3 is 11.1 Å². The molecule has 0 saturated carbocycles. The molecule has 0 aromatic carbocycles. The first kappa shape index (κ1) is 10.6. The van der Waals surface area contributed by atoms with E-state index in [-0.39, 0.29) is 5.91 Å². The number of rotatable bonds is 3. The predicted molar refractivity (Wildman–Crippen MR) is 64.1 cm³/mol. The summed E-state index contributed by atoms with van der Waals surface area (Å²) in [6, 6.07) is 5.45. The van der Waals surface area contributed by atoms with E-state index in [1.165, 1.54) is 11.3 Å². The Morgan fingerprint density at radius 3 is 2.75 bits per heavy atom. The van der Waals surface area contributed by atoms with Gasteiger partial charge >= 0.3 is 0 Å². The molecule has 0 spiro atoms. The van der Waals surface area contributed by atoms with Gasteiger partial charge in [-0.2, -0.15) is 0 Å². The molecule has 16 heavy (non-hydrogen) atoms. The van der Waals surface area contributed by atoms with Crippen molar-refractivity contribution in [1.29, 1.82) is 0 Å². The topological polar surface area (TPSA) is 68.0 Å². The summed E-state index contributed by atoms with van der Waals surface area (Å²) in [6.07, 6.45) is 3.39. The molecule has 0 fully saturated rings. The minimum atomic E-state index is -0.135. The summed E-state index contributed by atoms with van der Waals surface area (Å²) in [5, 5.41) is 4.61. The van der Waals surface area contributed by atoms with Gasteiger partial charge in [0.25, 0.3) is 5.91 Å². The Morgan fingerprint density at radius 2 is 2.12 bits per heavy atom. The Kier molecular flexibility index (Phi) is 3.16. The highest BCUT2D eigenvalue weighted by molar-refractivity contribution is 7.12. The molecule has 2 heterocycles. The summed E-state index contributed by atoms with van der Waals surface area (Å²) in [5.41, 5.74) is 7.19. The molecule has 0 aliphatic rings. The molecular formula is C11H11N3OS. The van der Waals surface area contributed by atoms with Crippen LogP contribution in [0.1, 0.15) is 15.2 Å². The fourth-order valence-corrected chi connectivity index (χ4v) is 2.00. The fraction of sp³-hybridized carbons (Fsp3) is 0.0909. The molecule has 5 heteroatoms. The number of nitrogens with two attached hydrogens (primary N) is 1. The van der Waals surface area contributed by atoms with Gasteiger partial charge in [-0.05, 0) is 29.1 Å². The molecule has 82 valence electrons. The molecule has 0 bridgehead atoms. The van der Waals surface area contributed by atoms with E-state index in [0.29, 0.717) is 17.1 Å². The lowest BCUT2D eigenvalue weighted by Gasteiger charge is -2.03. The van der Waals surface area contributed by atoms with Crippen molar-refractivity contribution < 1.29 is 4.79 Å². The van der Waals surface area contributed by atoms with E-state index in [1.807, 2.05) is 12.1 Å². The maximum absolute atomic E-state index is 11.7. The number of carbonyl (C=O) groups excluding carboxylic acids is 1. The van der Waals surface area contributed by atoms with Crippen LogP contribution in [0.5, 0.6) is 0 Å². The van der Waals surface area contributed by atoms with Gasteiger partial charge in [0, 0.05) is 18.9 Å². The van der Waals surface area contributed by atoms with Crippen LogP contribution in [0.15, 0.2) is 36.0 Å². The molecule has 3 N–H and O–H groups in total. The van der Waals surface area contributed by atoms with Crippen LogP contribution in [0.4, 0.5) is 5.69 Å². The van der Waals surface area contributed by atoms with Crippen LogP contribution in [0.3, 0.4) is 0 Å². The molecule has 0 unspecified atom stereocenters. The smallest absolute Gasteiger partial charge is 0.263 e. The van der Waals surface area contributed by atoms with Crippen LogP contribution >= 0.6 is 11.3 Å². The third-order valence-electron chi connectivity index (χ3n) is 2.10. The zero-order valence-electron chi connectivity index (χ0n) is 8.51. The predicted octanol–water partition coefficient (Wildman–Crippen LogP) is 1.66. The average molecular weight is 233 g/mol. The molecule has 0 radical (unpaired) electrons. The van der Waals surface area contributed by atoms with Crippen LogP contribution in [-0.2, 0) is 6.54 Å². The number of nitrogens with one attached hydrogen (secondary N) is 1. The zero-order chi connectivity index (χ0) is 11.4. The molecule has 2 aromatic heterocycles. The van der Waals surface area contributed by atoms with Crippen molar-refractivity contribution in [3.8, 4) is 0 Å². The molecule has 0 saturated heterocycles. The minimum Gasteiger partial charge on any atom is -0.397 e. The summed E-state index contributed by atoms with van der Waals surface area (Å²) < 4.78 is 0. The Hall–Kier alpha value is -1.88. The highest BCUT2D eigenvalue weighted by atomic mass is 32.1. The molecule has 0 aliphatic heterocycles. The molecule has 2 rings (SSSR count). The largest absolute Gasteiger partial charge is 0.397 e. The van der Waals surface area contributed by atoms with E-state index in [9.17, 15) is 4.79 Å². The fourth-order valence-electron chi connectivity index (χ4n) is 1.27. The van der Waals surface area contributed by atoms with Crippen LogP contribution in [0.2, 0.25) is 0 Å². The van der Waals surface area contributed by atoms with E-state index in [0.717, 1.165) is 5.56 Å². The Labute approximate surface area is 97.1 Å². The van der Waals surface area contributed by atoms with Gasteiger partial charge in [0.05, 0.1) is 5.69 Å². The van der Waals surface area contributed by atoms with E-state index in [1.54, 1.807) is 23.8 Å². The number of nitrogen functional groups attached to an aromatic ring is 1. The van der Waals surface area contributed by atoms with Gasteiger partial charge in [0.15, 0.2) is 0 Å². The second-order valence-electron chi connectivity index (χ2n) is 3.24. The summed E-state index contributed by atoms with van der Waals surface area (Å²) in [7, 11) is 0. The number of hydrogen-bond donors (Lipinski definition) is 2. The third-order valence-corrected chi connectivity index (χ3v) is 3.03. The van der Waals surface area contributed by atoms with Crippen molar-refractivity contribution in [2.24, 2.45) is 0 Å². The van der Waals surface area contributed by atoms with Gasteiger partial charge in [-0.15, -0.1) is 11.3 Å². The zero-order valence-corrected chi connectivity index (χ0v) is 9.33. The number of carbonyl (C=O) groups is 1. The standard InChI is InChI=1S/C11H11N3OS/c12-9-3-6-16-10(9)11(15)14-7-8-1-4-13-5-2-8/h1-6H,7,12H2,(H,14,15). The summed E-state index contributed by atoms with van der Waals surface area (Å²) in [5.74, 6) is -0.135. The van der Waals surface area contributed by atoms with Gasteiger partial charge in [0.2, 0.25) is 0 Å². The lowest BCUT2D eigenvalue weighted by Crippen LogP contribution is -2.22.